The topological polar surface area (TPSA) is 96.0 Å². The molecule has 2 unspecified atom stereocenters. The third kappa shape index (κ3) is 4.53. The lowest BCUT2D eigenvalue weighted by Crippen LogP contribution is -2.45. The SMILES string of the molecule is C=CC(=O)N1C2CC[C@H]1CC(c1c[nH]c3ncnc(Nc4ccc(OCc5ccccn5)c(Cl)c4)c13)C2. The van der Waals surface area contributed by atoms with Gasteiger partial charge in [0.2, 0.25) is 5.91 Å². The normalized spacial score (nSPS) is 20.7. The number of benzene rings is 1. The van der Waals surface area contributed by atoms with Crippen LogP contribution in [0.3, 0.4) is 0 Å². The molecule has 0 saturated carbocycles. The summed E-state index contributed by atoms with van der Waals surface area (Å²) >= 11 is 6.54. The molecule has 2 bridgehead atoms. The van der Waals surface area contributed by atoms with Crippen LogP contribution in [0, 0.1) is 0 Å². The summed E-state index contributed by atoms with van der Waals surface area (Å²) in [5, 5.41) is 4.90. The zero-order chi connectivity index (χ0) is 25.4. The van der Waals surface area contributed by atoms with E-state index in [0.29, 0.717) is 23.3 Å². The number of carbonyl (C=O) groups is 1. The molecule has 188 valence electrons. The van der Waals surface area contributed by atoms with Crippen molar-refractivity contribution in [3.05, 3.63) is 84.1 Å². The third-order valence-corrected chi connectivity index (χ3v) is 7.69. The number of H-pyrrole nitrogens is 1. The number of amides is 1. The number of fused-ring (bicyclic) bond motifs is 3. The molecule has 0 aliphatic carbocycles. The molecule has 0 radical (unpaired) electrons. The molecule has 0 spiro atoms. The van der Waals surface area contributed by atoms with Crippen LogP contribution in [0.25, 0.3) is 11.0 Å². The maximum absolute atomic E-state index is 12.4. The van der Waals surface area contributed by atoms with Crippen molar-refractivity contribution >= 4 is 40.0 Å². The van der Waals surface area contributed by atoms with E-state index in [9.17, 15) is 4.79 Å². The second-order valence-electron chi connectivity index (χ2n) is 9.57. The molecule has 2 aliphatic heterocycles. The van der Waals surface area contributed by atoms with Crippen LogP contribution in [0.15, 0.2) is 67.8 Å². The molecule has 2 saturated heterocycles. The monoisotopic (exact) mass is 514 g/mol. The predicted molar refractivity (Wildman–Crippen MR) is 143 cm³/mol. The molecule has 2 aliphatic rings. The molecular weight excluding hydrogens is 488 g/mol. The molecular formula is C28H27ClN6O2. The van der Waals surface area contributed by atoms with Crippen molar-refractivity contribution in [3.63, 3.8) is 0 Å². The van der Waals surface area contributed by atoms with Gasteiger partial charge in [0.05, 0.1) is 16.1 Å². The van der Waals surface area contributed by atoms with Gasteiger partial charge in [-0.15, -0.1) is 0 Å². The van der Waals surface area contributed by atoms with Crippen LogP contribution in [-0.2, 0) is 11.4 Å². The number of pyridine rings is 1. The van der Waals surface area contributed by atoms with E-state index < -0.39 is 0 Å². The van der Waals surface area contributed by atoms with Crippen molar-refractivity contribution in [2.45, 2.75) is 50.3 Å². The lowest BCUT2D eigenvalue weighted by molar-refractivity contribution is -0.130. The number of aromatic nitrogens is 4. The number of carbonyl (C=O) groups excluding carboxylic acids is 1. The van der Waals surface area contributed by atoms with E-state index in [4.69, 9.17) is 16.3 Å². The highest BCUT2D eigenvalue weighted by Crippen LogP contribution is 2.45. The molecule has 1 aromatic carbocycles. The van der Waals surface area contributed by atoms with E-state index >= 15 is 0 Å². The first kappa shape index (κ1) is 23.5. The number of nitrogens with one attached hydrogen (secondary N) is 2. The van der Waals surface area contributed by atoms with Crippen LogP contribution in [-0.4, -0.2) is 42.8 Å². The van der Waals surface area contributed by atoms with E-state index in [0.717, 1.165) is 53.9 Å². The number of piperidine rings is 1. The minimum atomic E-state index is 0.0416. The standard InChI is InChI=1S/C28H27ClN6O2/c1-2-25(36)35-20-7-8-21(35)12-17(11-20)22-14-31-27-26(22)28(33-16-32-27)34-18-6-9-24(23(29)13-18)37-15-19-5-3-4-10-30-19/h2-6,9-10,13-14,16-17,20-21H,1,7-8,11-12,15H2,(H2,31,32,33,34)/t17?,20-,21?/m0/s1. The Balaban J connectivity index is 1.23. The third-order valence-electron chi connectivity index (χ3n) is 7.40. The number of aromatic amines is 1. The van der Waals surface area contributed by atoms with Gasteiger partial charge >= 0.3 is 0 Å². The highest BCUT2D eigenvalue weighted by molar-refractivity contribution is 6.32. The number of rotatable bonds is 7. The molecule has 9 heteroatoms. The van der Waals surface area contributed by atoms with Crippen molar-refractivity contribution in [2.75, 3.05) is 5.32 Å². The number of hydrogen-bond donors (Lipinski definition) is 2. The van der Waals surface area contributed by atoms with Gasteiger partial charge in [-0.25, -0.2) is 9.97 Å². The molecule has 37 heavy (non-hydrogen) atoms. The highest BCUT2D eigenvalue weighted by Gasteiger charge is 2.43. The lowest BCUT2D eigenvalue weighted by atomic mass is 9.85. The Morgan fingerprint density at radius 2 is 2.03 bits per heavy atom. The molecule has 3 aromatic heterocycles. The van der Waals surface area contributed by atoms with E-state index in [-0.39, 0.29) is 18.0 Å². The van der Waals surface area contributed by atoms with Crippen molar-refractivity contribution in [1.29, 1.82) is 0 Å². The number of hydrogen-bond acceptors (Lipinski definition) is 6. The average molecular weight is 515 g/mol. The number of anilines is 2. The lowest BCUT2D eigenvalue weighted by Gasteiger charge is -2.38. The average Bonchev–Trinajstić information content (AvgIpc) is 3.47. The summed E-state index contributed by atoms with van der Waals surface area (Å²) in [6, 6.07) is 11.8. The Labute approximate surface area is 219 Å². The second-order valence-corrected chi connectivity index (χ2v) is 9.98. The van der Waals surface area contributed by atoms with Gasteiger partial charge in [-0.3, -0.25) is 9.78 Å². The maximum Gasteiger partial charge on any atom is 0.246 e. The van der Waals surface area contributed by atoms with Crippen LogP contribution in [0.1, 0.15) is 42.9 Å². The Hall–Kier alpha value is -3.91. The van der Waals surface area contributed by atoms with E-state index in [1.165, 1.54) is 11.6 Å². The first-order valence-electron chi connectivity index (χ1n) is 12.5. The van der Waals surface area contributed by atoms with Crippen molar-refractivity contribution in [2.24, 2.45) is 0 Å². The Bertz CT molecular complexity index is 1440. The molecule has 2 fully saturated rings. The number of ether oxygens (including phenoxy) is 1. The van der Waals surface area contributed by atoms with Gasteiger partial charge in [-0.05, 0) is 73.6 Å². The zero-order valence-electron chi connectivity index (χ0n) is 20.2. The molecule has 3 atom stereocenters. The largest absolute Gasteiger partial charge is 0.486 e. The van der Waals surface area contributed by atoms with Crippen LogP contribution >= 0.6 is 11.6 Å². The molecule has 2 N–H and O–H groups in total. The Kier molecular flexibility index (Phi) is 6.26. The Morgan fingerprint density at radius 1 is 1.19 bits per heavy atom. The maximum atomic E-state index is 12.4. The summed E-state index contributed by atoms with van der Waals surface area (Å²) in [6.07, 6.45) is 10.7. The van der Waals surface area contributed by atoms with Gasteiger partial charge in [0.15, 0.2) is 0 Å². The summed E-state index contributed by atoms with van der Waals surface area (Å²) < 4.78 is 5.86. The summed E-state index contributed by atoms with van der Waals surface area (Å²) in [5.74, 6) is 1.67. The summed E-state index contributed by atoms with van der Waals surface area (Å²) in [6.45, 7) is 4.03. The summed E-state index contributed by atoms with van der Waals surface area (Å²) in [5.41, 5.74) is 3.60. The van der Waals surface area contributed by atoms with Crippen LogP contribution < -0.4 is 10.1 Å². The summed E-state index contributed by atoms with van der Waals surface area (Å²) in [4.78, 5) is 31.1. The molecule has 5 heterocycles. The smallest absolute Gasteiger partial charge is 0.246 e. The second kappa shape index (κ2) is 9.86. The summed E-state index contributed by atoms with van der Waals surface area (Å²) in [7, 11) is 0. The minimum absolute atomic E-state index is 0.0416. The van der Waals surface area contributed by atoms with Crippen molar-refractivity contribution in [3.8, 4) is 5.75 Å². The molecule has 8 nitrogen and oxygen atoms in total. The van der Waals surface area contributed by atoms with Gasteiger partial charge in [-0.2, -0.15) is 0 Å². The fourth-order valence-corrected chi connectivity index (χ4v) is 6.00. The van der Waals surface area contributed by atoms with Crippen LogP contribution in [0.2, 0.25) is 5.02 Å². The minimum Gasteiger partial charge on any atom is -0.486 e. The van der Waals surface area contributed by atoms with Gasteiger partial charge in [0, 0.05) is 30.2 Å². The zero-order valence-corrected chi connectivity index (χ0v) is 21.0. The fraction of sp³-hybridized carbons (Fsp3) is 0.286. The predicted octanol–water partition coefficient (Wildman–Crippen LogP) is 5.75. The number of halogens is 1. The quantitative estimate of drug-likeness (QED) is 0.305. The number of nitrogens with zero attached hydrogens (tertiary/aromatic N) is 4. The van der Waals surface area contributed by atoms with Crippen LogP contribution in [0.4, 0.5) is 11.5 Å². The van der Waals surface area contributed by atoms with Gasteiger partial charge in [0.1, 0.15) is 30.1 Å². The highest BCUT2D eigenvalue weighted by atomic mass is 35.5. The van der Waals surface area contributed by atoms with E-state index in [1.807, 2.05) is 47.5 Å². The van der Waals surface area contributed by atoms with E-state index in [1.54, 1.807) is 12.5 Å². The van der Waals surface area contributed by atoms with Gasteiger partial charge in [-0.1, -0.05) is 24.2 Å². The molecule has 6 rings (SSSR count). The Morgan fingerprint density at radius 3 is 2.76 bits per heavy atom. The fourth-order valence-electron chi connectivity index (χ4n) is 5.77. The van der Waals surface area contributed by atoms with Gasteiger partial charge in [0.25, 0.3) is 0 Å². The van der Waals surface area contributed by atoms with Crippen LogP contribution in [0.5, 0.6) is 5.75 Å². The van der Waals surface area contributed by atoms with Gasteiger partial charge < -0.3 is 19.9 Å². The van der Waals surface area contributed by atoms with Crippen molar-refractivity contribution in [1.82, 2.24) is 24.8 Å². The first-order valence-corrected chi connectivity index (χ1v) is 12.8. The van der Waals surface area contributed by atoms with E-state index in [2.05, 4.69) is 31.8 Å². The van der Waals surface area contributed by atoms with Crippen molar-refractivity contribution < 1.29 is 9.53 Å². The first-order chi connectivity index (χ1) is 18.1. The molecule has 1 amide bonds. The molecule has 4 aromatic rings.